The van der Waals surface area contributed by atoms with E-state index in [-0.39, 0.29) is 6.08 Å². The monoisotopic (exact) mass is 420 g/mol. The van der Waals surface area contributed by atoms with Gasteiger partial charge < -0.3 is 19.8 Å². The molecule has 152 valence electrons. The molecule has 0 aromatic carbocycles. The van der Waals surface area contributed by atoms with Gasteiger partial charge in [-0.3, -0.25) is 4.79 Å². The fourth-order valence-electron chi connectivity index (χ4n) is 1.26. The molecule has 8 nitrogen and oxygen atoms in total. The Bertz CT molecular complexity index is 676. The van der Waals surface area contributed by atoms with Crippen LogP contribution in [-0.2, 0) is 29.2 Å². The zero-order chi connectivity index (χ0) is 21.2. The molecule has 0 aromatic heterocycles. The van der Waals surface area contributed by atoms with Crippen molar-refractivity contribution in [3.8, 4) is 0 Å². The van der Waals surface area contributed by atoms with Crippen LogP contribution in [-0.4, -0.2) is 54.6 Å². The van der Waals surface area contributed by atoms with Crippen molar-refractivity contribution in [2.75, 3.05) is 6.61 Å². The molecule has 1 amide bonds. The van der Waals surface area contributed by atoms with Crippen LogP contribution < -0.4 is 5.73 Å². The summed E-state index contributed by atoms with van der Waals surface area (Å²) in [4.78, 5) is 21.9. The molecule has 0 heterocycles. The van der Waals surface area contributed by atoms with Crippen molar-refractivity contribution in [3.63, 3.8) is 0 Å². The second-order valence-electron chi connectivity index (χ2n) is 4.38. The third-order valence-electron chi connectivity index (χ3n) is 2.57. The van der Waals surface area contributed by atoms with E-state index in [9.17, 15) is 53.3 Å². The molecule has 1 atom stereocenters. The lowest BCUT2D eigenvalue weighted by Crippen LogP contribution is -2.60. The number of rotatable bonds is 9. The second kappa shape index (κ2) is 7.36. The van der Waals surface area contributed by atoms with Gasteiger partial charge >= 0.3 is 35.0 Å². The Morgan fingerprint density at radius 3 is 1.88 bits per heavy atom. The molecule has 0 rings (SSSR count). The topological polar surface area (TPSA) is 136 Å². The van der Waals surface area contributed by atoms with Crippen molar-refractivity contribution in [1.82, 2.24) is 0 Å². The number of hydrogen-bond donors (Lipinski definition) is 1. The molecule has 0 aliphatic rings. The minimum atomic E-state index is -6.89. The lowest BCUT2D eigenvalue weighted by molar-refractivity contribution is -0.348. The first-order valence-electron chi connectivity index (χ1n) is 5.93. The zero-order valence-electron chi connectivity index (χ0n) is 12.2. The molecule has 0 bridgehead atoms. The van der Waals surface area contributed by atoms with Crippen LogP contribution in [0.15, 0.2) is 12.7 Å². The van der Waals surface area contributed by atoms with E-state index in [4.69, 9.17) is 0 Å². The number of carbonyl (C=O) groups is 2. The van der Waals surface area contributed by atoms with E-state index in [2.05, 4.69) is 21.8 Å². The van der Waals surface area contributed by atoms with Crippen molar-refractivity contribution in [3.05, 3.63) is 12.7 Å². The Kier molecular flexibility index (Phi) is 6.81. The summed E-state index contributed by atoms with van der Waals surface area (Å²) < 4.78 is 129. The van der Waals surface area contributed by atoms with E-state index in [1.807, 2.05) is 0 Å². The van der Waals surface area contributed by atoms with Gasteiger partial charge in [0.25, 0.3) is 0 Å². The number of halogens is 7. The third-order valence-corrected chi connectivity index (χ3v) is 3.50. The van der Waals surface area contributed by atoms with Gasteiger partial charge in [0.15, 0.2) is 10.1 Å². The Morgan fingerprint density at radius 2 is 1.58 bits per heavy atom. The maximum atomic E-state index is 13.2. The molecule has 1 unspecified atom stereocenters. The molecular formula is C10H9F7NO7S-. The van der Waals surface area contributed by atoms with Crippen LogP contribution in [0.3, 0.4) is 0 Å². The minimum absolute atomic E-state index is 0.111. The summed E-state index contributed by atoms with van der Waals surface area (Å²) in [6, 6.07) is 0. The maximum Gasteiger partial charge on any atom is 0.466 e. The number of carbonyl (C=O) groups excluding carboxylic acids is 2. The van der Waals surface area contributed by atoms with Crippen molar-refractivity contribution in [2.24, 2.45) is 5.73 Å². The number of alkyl halides is 7. The van der Waals surface area contributed by atoms with E-state index in [1.54, 1.807) is 0 Å². The van der Waals surface area contributed by atoms with Crippen LogP contribution in [0.1, 0.15) is 6.42 Å². The van der Waals surface area contributed by atoms with Gasteiger partial charge in [0.05, 0.1) is 6.61 Å². The lowest BCUT2D eigenvalue weighted by atomic mass is 10.2. The predicted molar refractivity (Wildman–Crippen MR) is 64.4 cm³/mol. The van der Waals surface area contributed by atoms with Gasteiger partial charge in [-0.2, -0.15) is 30.7 Å². The smallest absolute Gasteiger partial charge is 0.466 e. The Labute approximate surface area is 140 Å². The highest BCUT2D eigenvalue weighted by molar-refractivity contribution is 7.86. The quantitative estimate of drug-likeness (QED) is 0.190. The molecule has 2 N–H and O–H groups in total. The normalized spacial score (nSPS) is 15.8. The number of esters is 1. The van der Waals surface area contributed by atoms with Crippen LogP contribution in [0, 0.1) is 0 Å². The SMILES string of the molecule is C=CC(=O)OC(OCCC(F)(F)C(F)(F)S(=O)(=O)[O-])(C(N)=O)C(F)(F)F. The first kappa shape index (κ1) is 24.1. The molecular weight excluding hydrogens is 411 g/mol. The fourth-order valence-corrected chi connectivity index (χ4v) is 1.73. The minimum Gasteiger partial charge on any atom is -0.743 e. The summed E-state index contributed by atoms with van der Waals surface area (Å²) in [5.41, 5.74) is 4.39. The first-order valence-corrected chi connectivity index (χ1v) is 7.33. The lowest BCUT2D eigenvalue weighted by Gasteiger charge is -2.33. The predicted octanol–water partition coefficient (Wildman–Crippen LogP) is 0.639. The zero-order valence-corrected chi connectivity index (χ0v) is 13.0. The van der Waals surface area contributed by atoms with Crippen molar-refractivity contribution in [2.45, 2.75) is 29.6 Å². The van der Waals surface area contributed by atoms with Gasteiger partial charge in [-0.1, -0.05) is 6.58 Å². The van der Waals surface area contributed by atoms with Gasteiger partial charge in [0.2, 0.25) is 0 Å². The standard InChI is InChI=1S/C10H10F7NO7S/c1-2-5(19)25-8(6(18)20,9(13,14)15)24-4-3-7(11,12)10(16,17)26(21,22)23/h2H,1,3-4H2,(H2,18,20)(H,21,22,23)/p-1. The number of primary amides is 1. The van der Waals surface area contributed by atoms with Crippen molar-refractivity contribution < 1.29 is 62.8 Å². The third kappa shape index (κ3) is 4.61. The number of amides is 1. The van der Waals surface area contributed by atoms with Crippen LogP contribution in [0.25, 0.3) is 0 Å². The van der Waals surface area contributed by atoms with E-state index in [1.165, 1.54) is 0 Å². The summed E-state index contributed by atoms with van der Waals surface area (Å²) in [7, 11) is -6.89. The highest BCUT2D eigenvalue weighted by atomic mass is 32.2. The summed E-state index contributed by atoms with van der Waals surface area (Å²) >= 11 is 0. The summed E-state index contributed by atoms with van der Waals surface area (Å²) in [6.45, 7) is 0.575. The van der Waals surface area contributed by atoms with Gasteiger partial charge in [-0.05, 0) is 0 Å². The average molecular weight is 420 g/mol. The molecule has 0 saturated heterocycles. The molecule has 0 radical (unpaired) electrons. The Morgan fingerprint density at radius 1 is 1.12 bits per heavy atom. The van der Waals surface area contributed by atoms with Crippen molar-refractivity contribution in [1.29, 1.82) is 0 Å². The molecule has 26 heavy (non-hydrogen) atoms. The number of nitrogens with two attached hydrogens (primary N) is 1. The van der Waals surface area contributed by atoms with E-state index in [0.717, 1.165) is 0 Å². The summed E-state index contributed by atoms with van der Waals surface area (Å²) in [5, 5.41) is -6.20. The molecule has 0 aromatic rings. The van der Waals surface area contributed by atoms with Gasteiger partial charge in [0.1, 0.15) is 0 Å². The second-order valence-corrected chi connectivity index (χ2v) is 5.80. The van der Waals surface area contributed by atoms with Crippen molar-refractivity contribution >= 4 is 22.0 Å². The van der Waals surface area contributed by atoms with E-state index < -0.39 is 58.2 Å². The Hall–Kier alpha value is -1.94. The Balaban J connectivity index is 5.63. The number of ether oxygens (including phenoxy) is 2. The van der Waals surface area contributed by atoms with Crippen LogP contribution >= 0.6 is 0 Å². The maximum absolute atomic E-state index is 13.2. The largest absolute Gasteiger partial charge is 0.743 e. The fraction of sp³-hybridized carbons (Fsp3) is 0.600. The highest BCUT2D eigenvalue weighted by Gasteiger charge is 2.66. The molecule has 0 aliphatic heterocycles. The van der Waals surface area contributed by atoms with Gasteiger partial charge in [0, 0.05) is 12.5 Å². The van der Waals surface area contributed by atoms with E-state index in [0.29, 0.717) is 0 Å². The average Bonchev–Trinajstić information content (AvgIpc) is 2.42. The highest BCUT2D eigenvalue weighted by Crippen LogP contribution is 2.42. The summed E-state index contributed by atoms with van der Waals surface area (Å²) in [5.74, 6) is -14.8. The van der Waals surface area contributed by atoms with Crippen LogP contribution in [0.5, 0.6) is 0 Å². The van der Waals surface area contributed by atoms with Crippen LogP contribution in [0.4, 0.5) is 30.7 Å². The first-order chi connectivity index (χ1) is 11.4. The van der Waals surface area contributed by atoms with Crippen LogP contribution in [0.2, 0.25) is 0 Å². The molecule has 0 saturated carbocycles. The summed E-state index contributed by atoms with van der Waals surface area (Å²) in [6.07, 6.45) is -8.32. The van der Waals surface area contributed by atoms with E-state index >= 15 is 0 Å². The molecule has 0 aliphatic carbocycles. The van der Waals surface area contributed by atoms with Gasteiger partial charge in [-0.15, -0.1) is 0 Å². The molecule has 16 heteroatoms. The molecule has 0 spiro atoms. The number of hydrogen-bond acceptors (Lipinski definition) is 7. The molecule has 0 fully saturated rings. The van der Waals surface area contributed by atoms with Gasteiger partial charge in [-0.25, -0.2) is 13.2 Å².